The Bertz CT molecular complexity index is 308. The Hall–Kier alpha value is -0.650. The van der Waals surface area contributed by atoms with Crippen LogP contribution < -0.4 is 5.32 Å². The zero-order chi connectivity index (χ0) is 14.4. The zero-order valence-corrected chi connectivity index (χ0v) is 13.0. The Balaban J connectivity index is 2.07. The van der Waals surface area contributed by atoms with Gasteiger partial charge in [0.25, 0.3) is 0 Å². The summed E-state index contributed by atoms with van der Waals surface area (Å²) >= 11 is 0. The smallest absolute Gasteiger partial charge is 0.326 e. The van der Waals surface area contributed by atoms with Crippen LogP contribution in [0.25, 0.3) is 0 Å². The number of carbonyl (C=O) groups excluding carboxylic acids is 1. The fourth-order valence-corrected chi connectivity index (χ4v) is 3.47. The van der Waals surface area contributed by atoms with Gasteiger partial charge in [0.15, 0.2) is 0 Å². The Morgan fingerprint density at radius 3 is 2.35 bits per heavy atom. The molecule has 116 valence electrons. The van der Waals surface area contributed by atoms with Gasteiger partial charge in [0.05, 0.1) is 6.61 Å². The molecule has 0 radical (unpaired) electrons. The van der Waals surface area contributed by atoms with E-state index in [1.807, 2.05) is 6.92 Å². The van der Waals surface area contributed by atoms with Crippen LogP contribution in [-0.4, -0.2) is 73.7 Å². The van der Waals surface area contributed by atoms with Crippen LogP contribution in [0.5, 0.6) is 0 Å². The van der Waals surface area contributed by atoms with E-state index in [1.165, 1.54) is 6.42 Å². The number of likely N-dealkylation sites (tertiary alicyclic amines) is 1. The number of piperazine rings is 1. The van der Waals surface area contributed by atoms with Crippen molar-refractivity contribution in [1.29, 1.82) is 0 Å². The highest BCUT2D eigenvalue weighted by Gasteiger charge is 2.47. The minimum atomic E-state index is -0.373. The first-order valence-corrected chi connectivity index (χ1v) is 8.08. The zero-order valence-electron chi connectivity index (χ0n) is 13.0. The number of hydrogen-bond donors (Lipinski definition) is 1. The fourth-order valence-electron chi connectivity index (χ4n) is 3.47. The molecule has 0 spiro atoms. The quantitative estimate of drug-likeness (QED) is 0.753. The average molecular weight is 283 g/mol. The maximum atomic E-state index is 12.6. The van der Waals surface area contributed by atoms with Crippen molar-refractivity contribution in [3.05, 3.63) is 0 Å². The number of nitrogens with one attached hydrogen (secondary N) is 1. The lowest BCUT2D eigenvalue weighted by molar-refractivity contribution is -0.162. The SMILES string of the molecule is CCCN1CCC(C(=O)OCC)(N2CCNCC2)CC1. The molecule has 0 atom stereocenters. The van der Waals surface area contributed by atoms with Gasteiger partial charge in [-0.25, -0.2) is 0 Å². The third kappa shape index (κ3) is 3.32. The van der Waals surface area contributed by atoms with Crippen molar-refractivity contribution in [1.82, 2.24) is 15.1 Å². The second-order valence-electron chi connectivity index (χ2n) is 5.83. The van der Waals surface area contributed by atoms with Crippen LogP contribution >= 0.6 is 0 Å². The highest BCUT2D eigenvalue weighted by molar-refractivity contribution is 5.81. The monoisotopic (exact) mass is 283 g/mol. The van der Waals surface area contributed by atoms with Gasteiger partial charge in [-0.05, 0) is 32.7 Å². The summed E-state index contributed by atoms with van der Waals surface area (Å²) in [5.41, 5.74) is -0.373. The van der Waals surface area contributed by atoms with Gasteiger partial charge in [-0.15, -0.1) is 0 Å². The molecule has 1 N–H and O–H groups in total. The lowest BCUT2D eigenvalue weighted by Crippen LogP contribution is -2.64. The Morgan fingerprint density at radius 2 is 1.80 bits per heavy atom. The summed E-state index contributed by atoms with van der Waals surface area (Å²) in [4.78, 5) is 17.4. The molecule has 0 amide bonds. The van der Waals surface area contributed by atoms with E-state index in [-0.39, 0.29) is 11.5 Å². The largest absolute Gasteiger partial charge is 0.465 e. The first-order chi connectivity index (χ1) is 9.73. The average Bonchev–Trinajstić information content (AvgIpc) is 2.49. The van der Waals surface area contributed by atoms with Crippen LogP contribution in [0.15, 0.2) is 0 Å². The van der Waals surface area contributed by atoms with Crippen molar-refractivity contribution in [2.24, 2.45) is 0 Å². The van der Waals surface area contributed by atoms with Gasteiger partial charge in [-0.1, -0.05) is 6.92 Å². The molecule has 5 nitrogen and oxygen atoms in total. The number of hydrogen-bond acceptors (Lipinski definition) is 5. The molecule has 0 saturated carbocycles. The minimum Gasteiger partial charge on any atom is -0.465 e. The summed E-state index contributed by atoms with van der Waals surface area (Å²) in [7, 11) is 0. The predicted octanol–water partition coefficient (Wildman–Crippen LogP) is 0.699. The molecule has 0 aromatic carbocycles. The summed E-state index contributed by atoms with van der Waals surface area (Å²) in [5, 5.41) is 3.37. The summed E-state index contributed by atoms with van der Waals surface area (Å²) in [6.07, 6.45) is 3.00. The Kier molecular flexibility index (Phi) is 5.81. The van der Waals surface area contributed by atoms with Crippen LogP contribution in [0, 0.1) is 0 Å². The van der Waals surface area contributed by atoms with E-state index in [2.05, 4.69) is 22.0 Å². The van der Waals surface area contributed by atoms with Gasteiger partial charge in [-0.3, -0.25) is 9.69 Å². The molecule has 2 saturated heterocycles. The van der Waals surface area contributed by atoms with Crippen molar-refractivity contribution in [3.63, 3.8) is 0 Å². The number of ether oxygens (including phenoxy) is 1. The second kappa shape index (κ2) is 7.38. The number of piperidine rings is 1. The third-order valence-electron chi connectivity index (χ3n) is 4.60. The van der Waals surface area contributed by atoms with Crippen LogP contribution in [0.3, 0.4) is 0 Å². The predicted molar refractivity (Wildman–Crippen MR) is 79.8 cm³/mol. The number of nitrogens with zero attached hydrogens (tertiary/aromatic N) is 2. The second-order valence-corrected chi connectivity index (χ2v) is 5.83. The third-order valence-corrected chi connectivity index (χ3v) is 4.60. The van der Waals surface area contributed by atoms with Crippen molar-refractivity contribution in [2.45, 2.75) is 38.6 Å². The first-order valence-electron chi connectivity index (χ1n) is 8.08. The van der Waals surface area contributed by atoms with Gasteiger partial charge >= 0.3 is 5.97 Å². The van der Waals surface area contributed by atoms with Gasteiger partial charge in [0.2, 0.25) is 0 Å². The lowest BCUT2D eigenvalue weighted by atomic mass is 9.85. The van der Waals surface area contributed by atoms with Gasteiger partial charge in [0, 0.05) is 39.3 Å². The highest BCUT2D eigenvalue weighted by Crippen LogP contribution is 2.31. The molecular formula is C15H29N3O2. The van der Waals surface area contributed by atoms with Crippen molar-refractivity contribution in [2.75, 3.05) is 52.4 Å². The van der Waals surface area contributed by atoms with E-state index >= 15 is 0 Å². The van der Waals surface area contributed by atoms with E-state index in [9.17, 15) is 4.79 Å². The topological polar surface area (TPSA) is 44.8 Å². The van der Waals surface area contributed by atoms with Crippen LogP contribution in [0.4, 0.5) is 0 Å². The molecular weight excluding hydrogens is 254 g/mol. The van der Waals surface area contributed by atoms with Crippen LogP contribution in [0.2, 0.25) is 0 Å². The minimum absolute atomic E-state index is 0.00181. The van der Waals surface area contributed by atoms with E-state index in [0.29, 0.717) is 6.61 Å². The molecule has 20 heavy (non-hydrogen) atoms. The highest BCUT2D eigenvalue weighted by atomic mass is 16.5. The van der Waals surface area contributed by atoms with E-state index in [1.54, 1.807) is 0 Å². The van der Waals surface area contributed by atoms with Crippen molar-refractivity contribution in [3.8, 4) is 0 Å². The van der Waals surface area contributed by atoms with Crippen LogP contribution in [0.1, 0.15) is 33.1 Å². The molecule has 0 aliphatic carbocycles. The molecule has 2 heterocycles. The Labute approximate surface area is 122 Å². The normalized spacial score (nSPS) is 24.5. The van der Waals surface area contributed by atoms with E-state index < -0.39 is 0 Å². The molecule has 5 heteroatoms. The van der Waals surface area contributed by atoms with Gasteiger partial charge in [0.1, 0.15) is 5.54 Å². The van der Waals surface area contributed by atoms with Gasteiger partial charge in [-0.2, -0.15) is 0 Å². The maximum Gasteiger partial charge on any atom is 0.326 e. The fraction of sp³-hybridized carbons (Fsp3) is 0.933. The summed E-state index contributed by atoms with van der Waals surface area (Å²) in [5.74, 6) is -0.00181. The molecule has 2 fully saturated rings. The molecule has 0 bridgehead atoms. The summed E-state index contributed by atoms with van der Waals surface area (Å²) in [6.45, 7) is 11.6. The molecule has 2 rings (SSSR count). The first kappa shape index (κ1) is 15.7. The van der Waals surface area contributed by atoms with Crippen LogP contribution in [-0.2, 0) is 9.53 Å². The molecule has 0 aromatic heterocycles. The molecule has 2 aliphatic rings. The van der Waals surface area contributed by atoms with E-state index in [0.717, 1.165) is 58.7 Å². The molecule has 0 unspecified atom stereocenters. The maximum absolute atomic E-state index is 12.6. The number of esters is 1. The van der Waals surface area contributed by atoms with Crippen molar-refractivity contribution >= 4 is 5.97 Å². The number of rotatable bonds is 5. The van der Waals surface area contributed by atoms with Crippen molar-refractivity contribution < 1.29 is 9.53 Å². The van der Waals surface area contributed by atoms with Gasteiger partial charge < -0.3 is 15.0 Å². The summed E-state index contributed by atoms with van der Waals surface area (Å²) < 4.78 is 5.41. The Morgan fingerprint density at radius 1 is 1.15 bits per heavy atom. The lowest BCUT2D eigenvalue weighted by Gasteiger charge is -2.48. The number of carbonyl (C=O) groups is 1. The summed E-state index contributed by atoms with van der Waals surface area (Å²) in [6, 6.07) is 0. The molecule has 0 aromatic rings. The molecule has 2 aliphatic heterocycles. The standard InChI is InChI=1S/C15H29N3O2/c1-3-9-17-10-5-15(6-11-17,14(19)20-4-2)18-12-7-16-8-13-18/h16H,3-13H2,1-2H3. The van der Waals surface area contributed by atoms with E-state index in [4.69, 9.17) is 4.74 Å².